The first-order valence-corrected chi connectivity index (χ1v) is 8.20. The molecule has 0 saturated heterocycles. The summed E-state index contributed by atoms with van der Waals surface area (Å²) >= 11 is 5.86. The number of rotatable bonds is 7. The van der Waals surface area contributed by atoms with E-state index in [4.69, 9.17) is 11.6 Å². The summed E-state index contributed by atoms with van der Waals surface area (Å²) in [4.78, 5) is 26.5. The first-order valence-electron chi connectivity index (χ1n) is 7.82. The van der Waals surface area contributed by atoms with Crippen LogP contribution in [-0.4, -0.2) is 21.0 Å². The SMILES string of the molecule is O=C(CC(NCc1ccccc1)c1n[nH]c(=O)[nH]1)c1ccc(Cl)cc1. The lowest BCUT2D eigenvalue weighted by Gasteiger charge is -2.16. The number of H-pyrrole nitrogens is 2. The molecular weight excluding hydrogens is 340 g/mol. The molecule has 1 aromatic heterocycles. The third-order valence-electron chi connectivity index (χ3n) is 3.80. The topological polar surface area (TPSA) is 90.6 Å². The summed E-state index contributed by atoms with van der Waals surface area (Å²) in [6.07, 6.45) is 0.162. The first kappa shape index (κ1) is 17.1. The quantitative estimate of drug-likeness (QED) is 0.568. The van der Waals surface area contributed by atoms with Crippen LogP contribution in [0, 0.1) is 0 Å². The molecule has 3 N–H and O–H groups in total. The molecule has 0 amide bonds. The number of ketones is 1. The number of carbonyl (C=O) groups excluding carboxylic acids is 1. The van der Waals surface area contributed by atoms with Crippen molar-refractivity contribution in [1.82, 2.24) is 20.5 Å². The second kappa shape index (κ2) is 7.92. The Labute approximate surface area is 149 Å². The van der Waals surface area contributed by atoms with E-state index < -0.39 is 11.7 Å². The van der Waals surface area contributed by atoms with Crippen molar-refractivity contribution in [3.05, 3.63) is 87.1 Å². The van der Waals surface area contributed by atoms with Gasteiger partial charge in [0.25, 0.3) is 0 Å². The van der Waals surface area contributed by atoms with E-state index in [0.29, 0.717) is 23.0 Å². The first-order chi connectivity index (χ1) is 12.1. The predicted molar refractivity (Wildman–Crippen MR) is 95.6 cm³/mol. The van der Waals surface area contributed by atoms with Crippen molar-refractivity contribution >= 4 is 17.4 Å². The van der Waals surface area contributed by atoms with Crippen LogP contribution < -0.4 is 11.0 Å². The molecule has 1 unspecified atom stereocenters. The van der Waals surface area contributed by atoms with Crippen molar-refractivity contribution < 1.29 is 4.79 Å². The van der Waals surface area contributed by atoms with E-state index in [9.17, 15) is 9.59 Å². The molecule has 6 nitrogen and oxygen atoms in total. The maximum atomic E-state index is 12.5. The summed E-state index contributed by atoms with van der Waals surface area (Å²) in [5.41, 5.74) is 1.23. The molecule has 2 aromatic carbocycles. The number of aromatic amines is 2. The molecule has 0 bridgehead atoms. The van der Waals surface area contributed by atoms with Gasteiger partial charge in [0.2, 0.25) is 0 Å². The van der Waals surface area contributed by atoms with Gasteiger partial charge in [0.05, 0.1) is 6.04 Å². The van der Waals surface area contributed by atoms with Crippen molar-refractivity contribution in [2.45, 2.75) is 19.0 Å². The fourth-order valence-corrected chi connectivity index (χ4v) is 2.62. The normalized spacial score (nSPS) is 12.0. The zero-order valence-electron chi connectivity index (χ0n) is 13.3. The number of nitrogens with zero attached hydrogens (tertiary/aromatic N) is 1. The molecule has 0 aliphatic heterocycles. The zero-order chi connectivity index (χ0) is 17.6. The molecule has 1 atom stereocenters. The van der Waals surface area contributed by atoms with Crippen LogP contribution in [0.4, 0.5) is 0 Å². The van der Waals surface area contributed by atoms with Gasteiger partial charge >= 0.3 is 5.69 Å². The molecule has 0 aliphatic rings. The summed E-state index contributed by atoms with van der Waals surface area (Å²) in [6.45, 7) is 0.550. The van der Waals surface area contributed by atoms with Crippen LogP contribution in [0.25, 0.3) is 0 Å². The summed E-state index contributed by atoms with van der Waals surface area (Å²) in [7, 11) is 0. The van der Waals surface area contributed by atoms with Crippen molar-refractivity contribution in [2.75, 3.05) is 0 Å². The molecule has 1 heterocycles. The highest BCUT2D eigenvalue weighted by atomic mass is 35.5. The van der Waals surface area contributed by atoms with Crippen LogP contribution in [0.1, 0.15) is 34.2 Å². The van der Waals surface area contributed by atoms with Crippen LogP contribution in [0.3, 0.4) is 0 Å². The largest absolute Gasteiger partial charge is 0.340 e. The van der Waals surface area contributed by atoms with Gasteiger partial charge < -0.3 is 5.32 Å². The Balaban J connectivity index is 1.75. The second-order valence-electron chi connectivity index (χ2n) is 5.62. The van der Waals surface area contributed by atoms with E-state index in [2.05, 4.69) is 20.5 Å². The molecule has 0 radical (unpaired) electrons. The molecule has 25 heavy (non-hydrogen) atoms. The number of halogens is 1. The number of nitrogens with one attached hydrogen (secondary N) is 3. The van der Waals surface area contributed by atoms with Gasteiger partial charge in [-0.25, -0.2) is 9.89 Å². The van der Waals surface area contributed by atoms with E-state index >= 15 is 0 Å². The van der Waals surface area contributed by atoms with Crippen molar-refractivity contribution in [3.63, 3.8) is 0 Å². The van der Waals surface area contributed by atoms with Crippen molar-refractivity contribution in [3.8, 4) is 0 Å². The average Bonchev–Trinajstić information content (AvgIpc) is 3.06. The standard InChI is InChI=1S/C18H17ClN4O2/c19-14-8-6-13(7-9-14)16(24)10-15(17-21-18(25)23-22-17)20-11-12-4-2-1-3-5-12/h1-9,15,20H,10-11H2,(H2,21,22,23,25). The summed E-state index contributed by atoms with van der Waals surface area (Å²) in [5.74, 6) is 0.342. The Kier molecular flexibility index (Phi) is 5.42. The minimum Gasteiger partial charge on any atom is -0.303 e. The van der Waals surface area contributed by atoms with Crippen molar-refractivity contribution in [2.24, 2.45) is 0 Å². The van der Waals surface area contributed by atoms with E-state index in [1.54, 1.807) is 24.3 Å². The fourth-order valence-electron chi connectivity index (χ4n) is 2.49. The number of Topliss-reactive ketones (excluding diaryl/α,β-unsaturated/α-hetero) is 1. The molecule has 0 fully saturated rings. The highest BCUT2D eigenvalue weighted by Crippen LogP contribution is 2.18. The molecule has 128 valence electrons. The number of hydrogen-bond acceptors (Lipinski definition) is 4. The Morgan fingerprint density at radius 1 is 1.12 bits per heavy atom. The minimum absolute atomic E-state index is 0.0638. The Morgan fingerprint density at radius 3 is 2.48 bits per heavy atom. The molecule has 3 aromatic rings. The van der Waals surface area contributed by atoms with E-state index in [-0.39, 0.29) is 12.2 Å². The van der Waals surface area contributed by atoms with Gasteiger partial charge in [-0.3, -0.25) is 9.78 Å². The number of hydrogen-bond donors (Lipinski definition) is 3. The highest BCUT2D eigenvalue weighted by molar-refractivity contribution is 6.30. The monoisotopic (exact) mass is 356 g/mol. The van der Waals surface area contributed by atoms with Gasteiger partial charge in [0.15, 0.2) is 5.78 Å². The van der Waals surface area contributed by atoms with Gasteiger partial charge in [-0.2, -0.15) is 5.10 Å². The Bertz CT molecular complexity index is 887. The maximum Gasteiger partial charge on any atom is 0.340 e. The lowest BCUT2D eigenvalue weighted by Crippen LogP contribution is -2.25. The number of benzene rings is 2. The average molecular weight is 357 g/mol. The second-order valence-corrected chi connectivity index (χ2v) is 6.05. The smallest absolute Gasteiger partial charge is 0.303 e. The summed E-state index contributed by atoms with van der Waals surface area (Å²) < 4.78 is 0. The van der Waals surface area contributed by atoms with Crippen LogP contribution >= 0.6 is 11.6 Å². The molecular formula is C18H17ClN4O2. The van der Waals surface area contributed by atoms with Gasteiger partial charge in [-0.05, 0) is 29.8 Å². The van der Waals surface area contributed by atoms with E-state index in [1.807, 2.05) is 30.3 Å². The van der Waals surface area contributed by atoms with Gasteiger partial charge in [-0.1, -0.05) is 41.9 Å². The van der Waals surface area contributed by atoms with Crippen LogP contribution in [-0.2, 0) is 6.54 Å². The van der Waals surface area contributed by atoms with Crippen LogP contribution in [0.15, 0.2) is 59.4 Å². The molecule has 0 aliphatic carbocycles. The van der Waals surface area contributed by atoms with Gasteiger partial charge in [0, 0.05) is 23.6 Å². The van der Waals surface area contributed by atoms with Crippen LogP contribution in [0.2, 0.25) is 5.02 Å². The lowest BCUT2D eigenvalue weighted by atomic mass is 10.0. The third kappa shape index (κ3) is 4.65. The van der Waals surface area contributed by atoms with Gasteiger partial charge in [0.1, 0.15) is 5.82 Å². The summed E-state index contributed by atoms with van der Waals surface area (Å²) in [5, 5.41) is 10.2. The van der Waals surface area contributed by atoms with Gasteiger partial charge in [-0.15, -0.1) is 0 Å². The molecule has 3 rings (SSSR count). The Hall–Kier alpha value is -2.70. The molecule has 0 spiro atoms. The fraction of sp³-hybridized carbons (Fsp3) is 0.167. The highest BCUT2D eigenvalue weighted by Gasteiger charge is 2.20. The summed E-state index contributed by atoms with van der Waals surface area (Å²) in [6, 6.07) is 16.1. The van der Waals surface area contributed by atoms with Crippen LogP contribution in [0.5, 0.6) is 0 Å². The third-order valence-corrected chi connectivity index (χ3v) is 4.05. The predicted octanol–water partition coefficient (Wildman–Crippen LogP) is 2.86. The molecule has 0 saturated carbocycles. The number of aromatic nitrogens is 3. The molecule has 7 heteroatoms. The van der Waals surface area contributed by atoms with Crippen molar-refractivity contribution in [1.29, 1.82) is 0 Å². The van der Waals surface area contributed by atoms with E-state index in [1.165, 1.54) is 0 Å². The number of carbonyl (C=O) groups is 1. The Morgan fingerprint density at radius 2 is 1.84 bits per heavy atom. The maximum absolute atomic E-state index is 12.5. The van der Waals surface area contributed by atoms with E-state index in [0.717, 1.165) is 5.56 Å². The minimum atomic E-state index is -0.415. The lowest BCUT2D eigenvalue weighted by molar-refractivity contribution is 0.0966. The zero-order valence-corrected chi connectivity index (χ0v) is 14.1.